The van der Waals surface area contributed by atoms with Crippen molar-refractivity contribution in [3.05, 3.63) is 71.0 Å². The summed E-state index contributed by atoms with van der Waals surface area (Å²) >= 11 is 0. The van der Waals surface area contributed by atoms with Crippen molar-refractivity contribution in [3.63, 3.8) is 0 Å². The number of aromatic carboxylic acids is 1. The standard InChI is InChI=1S/C21H24FNO3/c1-2-13-23(14-12-16-6-5-8-18(22)15-16)20(24)11-10-17-7-3-4-9-19(17)21(25)26/h3-9,15H,2,10-14H2,1H3,(H,25,26). The van der Waals surface area contributed by atoms with E-state index in [1.807, 2.05) is 13.0 Å². The predicted octanol–water partition coefficient (Wildman–Crippen LogP) is 3.94. The molecule has 0 bridgehead atoms. The number of carboxylic acids is 1. The molecule has 26 heavy (non-hydrogen) atoms. The highest BCUT2D eigenvalue weighted by molar-refractivity contribution is 5.89. The summed E-state index contributed by atoms with van der Waals surface area (Å²) in [5, 5.41) is 9.23. The highest BCUT2D eigenvalue weighted by Crippen LogP contribution is 2.13. The van der Waals surface area contributed by atoms with Crippen LogP contribution in [0.15, 0.2) is 48.5 Å². The Morgan fingerprint density at radius 1 is 1.04 bits per heavy atom. The van der Waals surface area contributed by atoms with E-state index in [4.69, 9.17) is 0 Å². The molecule has 0 aliphatic carbocycles. The first-order valence-corrected chi connectivity index (χ1v) is 8.84. The van der Waals surface area contributed by atoms with Gasteiger partial charge in [-0.25, -0.2) is 9.18 Å². The maximum absolute atomic E-state index is 13.3. The number of nitrogens with zero attached hydrogens (tertiary/aromatic N) is 1. The van der Waals surface area contributed by atoms with E-state index in [0.717, 1.165) is 12.0 Å². The van der Waals surface area contributed by atoms with Gasteiger partial charge in [0.25, 0.3) is 0 Å². The maximum atomic E-state index is 13.3. The first-order valence-electron chi connectivity index (χ1n) is 8.84. The van der Waals surface area contributed by atoms with Crippen LogP contribution in [0.3, 0.4) is 0 Å². The summed E-state index contributed by atoms with van der Waals surface area (Å²) in [5.41, 5.74) is 1.76. The van der Waals surface area contributed by atoms with Gasteiger partial charge in [0.05, 0.1) is 5.56 Å². The van der Waals surface area contributed by atoms with E-state index in [9.17, 15) is 19.1 Å². The third kappa shape index (κ3) is 5.69. The van der Waals surface area contributed by atoms with Gasteiger partial charge in [0.2, 0.25) is 5.91 Å². The molecule has 0 aliphatic rings. The Balaban J connectivity index is 1.96. The molecule has 2 rings (SSSR count). The summed E-state index contributed by atoms with van der Waals surface area (Å²) in [6.07, 6.45) is 2.07. The van der Waals surface area contributed by atoms with Gasteiger partial charge in [0.15, 0.2) is 0 Å². The van der Waals surface area contributed by atoms with Gasteiger partial charge in [0, 0.05) is 19.5 Å². The Labute approximate surface area is 153 Å². The SMILES string of the molecule is CCCN(CCc1cccc(F)c1)C(=O)CCc1ccccc1C(=O)O. The van der Waals surface area contributed by atoms with Gasteiger partial charge < -0.3 is 10.0 Å². The lowest BCUT2D eigenvalue weighted by Gasteiger charge is -2.22. The number of rotatable bonds is 9. The molecule has 2 aromatic carbocycles. The quantitative estimate of drug-likeness (QED) is 0.740. The first kappa shape index (κ1) is 19.6. The average Bonchev–Trinajstić information content (AvgIpc) is 2.63. The number of hydrogen-bond donors (Lipinski definition) is 1. The zero-order valence-electron chi connectivity index (χ0n) is 15.0. The van der Waals surface area contributed by atoms with Gasteiger partial charge in [-0.3, -0.25) is 4.79 Å². The number of aryl methyl sites for hydroxylation is 1. The topological polar surface area (TPSA) is 57.6 Å². The molecular weight excluding hydrogens is 333 g/mol. The van der Waals surface area contributed by atoms with Crippen molar-refractivity contribution in [1.82, 2.24) is 4.90 Å². The third-order valence-electron chi connectivity index (χ3n) is 4.26. The zero-order valence-corrected chi connectivity index (χ0v) is 15.0. The lowest BCUT2D eigenvalue weighted by molar-refractivity contribution is -0.131. The smallest absolute Gasteiger partial charge is 0.335 e. The van der Waals surface area contributed by atoms with Crippen LogP contribution in [0.1, 0.15) is 41.3 Å². The van der Waals surface area contributed by atoms with Crippen molar-refractivity contribution in [1.29, 1.82) is 0 Å². The van der Waals surface area contributed by atoms with E-state index < -0.39 is 5.97 Å². The van der Waals surface area contributed by atoms with Crippen LogP contribution in [-0.2, 0) is 17.6 Å². The van der Waals surface area contributed by atoms with Crippen LogP contribution in [0.5, 0.6) is 0 Å². The summed E-state index contributed by atoms with van der Waals surface area (Å²) < 4.78 is 13.3. The van der Waals surface area contributed by atoms with Crippen molar-refractivity contribution in [2.75, 3.05) is 13.1 Å². The highest BCUT2D eigenvalue weighted by atomic mass is 19.1. The van der Waals surface area contributed by atoms with Gasteiger partial charge in [-0.1, -0.05) is 37.3 Å². The monoisotopic (exact) mass is 357 g/mol. The fourth-order valence-corrected chi connectivity index (χ4v) is 2.93. The van der Waals surface area contributed by atoms with E-state index in [0.29, 0.717) is 31.5 Å². The second-order valence-electron chi connectivity index (χ2n) is 6.22. The first-order chi connectivity index (χ1) is 12.5. The molecule has 2 aromatic rings. The molecule has 0 fully saturated rings. The minimum absolute atomic E-state index is 0.0107. The molecular formula is C21H24FNO3. The minimum Gasteiger partial charge on any atom is -0.478 e. The Kier molecular flexibility index (Phi) is 7.33. The maximum Gasteiger partial charge on any atom is 0.335 e. The molecule has 0 heterocycles. The Morgan fingerprint density at radius 2 is 1.81 bits per heavy atom. The van der Waals surface area contributed by atoms with E-state index >= 15 is 0 Å². The Bertz CT molecular complexity index is 760. The number of halogens is 1. The van der Waals surface area contributed by atoms with Gasteiger partial charge in [-0.15, -0.1) is 0 Å². The fraction of sp³-hybridized carbons (Fsp3) is 0.333. The lowest BCUT2D eigenvalue weighted by atomic mass is 10.0. The van der Waals surface area contributed by atoms with Crippen molar-refractivity contribution < 1.29 is 19.1 Å². The van der Waals surface area contributed by atoms with Gasteiger partial charge in [-0.05, 0) is 48.6 Å². The summed E-state index contributed by atoms with van der Waals surface area (Å²) in [6.45, 7) is 3.16. The summed E-state index contributed by atoms with van der Waals surface area (Å²) in [5.74, 6) is -1.27. The van der Waals surface area contributed by atoms with Crippen LogP contribution in [0.25, 0.3) is 0 Å². The molecule has 5 heteroatoms. The van der Waals surface area contributed by atoms with Gasteiger partial charge in [0.1, 0.15) is 5.82 Å². The van der Waals surface area contributed by atoms with E-state index in [2.05, 4.69) is 0 Å². The van der Waals surface area contributed by atoms with Crippen LogP contribution in [-0.4, -0.2) is 35.0 Å². The normalized spacial score (nSPS) is 10.5. The van der Waals surface area contributed by atoms with Crippen LogP contribution in [0.4, 0.5) is 4.39 Å². The molecule has 0 unspecified atom stereocenters. The second kappa shape index (κ2) is 9.70. The molecule has 0 aliphatic heterocycles. The summed E-state index contributed by atoms with van der Waals surface area (Å²) in [7, 11) is 0. The number of amides is 1. The zero-order chi connectivity index (χ0) is 18.9. The van der Waals surface area contributed by atoms with Crippen LogP contribution < -0.4 is 0 Å². The van der Waals surface area contributed by atoms with Crippen molar-refractivity contribution in [3.8, 4) is 0 Å². The number of hydrogen-bond acceptors (Lipinski definition) is 2. The summed E-state index contributed by atoms with van der Waals surface area (Å²) in [4.78, 5) is 25.6. The predicted molar refractivity (Wildman–Crippen MR) is 98.7 cm³/mol. The Hall–Kier alpha value is -2.69. The molecule has 0 aromatic heterocycles. The number of carbonyl (C=O) groups excluding carboxylic acids is 1. The lowest BCUT2D eigenvalue weighted by Crippen LogP contribution is -2.33. The largest absolute Gasteiger partial charge is 0.478 e. The van der Waals surface area contributed by atoms with Crippen molar-refractivity contribution >= 4 is 11.9 Å². The van der Waals surface area contributed by atoms with Crippen molar-refractivity contribution in [2.24, 2.45) is 0 Å². The van der Waals surface area contributed by atoms with Crippen LogP contribution in [0, 0.1) is 5.82 Å². The van der Waals surface area contributed by atoms with Gasteiger partial charge >= 0.3 is 5.97 Å². The molecule has 1 N–H and O–H groups in total. The molecule has 0 atom stereocenters. The molecule has 0 saturated carbocycles. The molecule has 0 radical (unpaired) electrons. The summed E-state index contributed by atoms with van der Waals surface area (Å²) in [6, 6.07) is 13.1. The molecule has 0 saturated heterocycles. The second-order valence-corrected chi connectivity index (χ2v) is 6.22. The molecule has 0 spiro atoms. The number of carboxylic acid groups (broad SMARTS) is 1. The third-order valence-corrected chi connectivity index (χ3v) is 4.26. The molecule has 4 nitrogen and oxygen atoms in total. The van der Waals surface area contributed by atoms with E-state index in [1.54, 1.807) is 35.2 Å². The molecule has 1 amide bonds. The fourth-order valence-electron chi connectivity index (χ4n) is 2.93. The number of benzene rings is 2. The Morgan fingerprint density at radius 3 is 2.50 bits per heavy atom. The minimum atomic E-state index is -0.982. The van der Waals surface area contributed by atoms with E-state index in [-0.39, 0.29) is 23.7 Å². The molecule has 138 valence electrons. The average molecular weight is 357 g/mol. The van der Waals surface area contributed by atoms with E-state index in [1.165, 1.54) is 12.1 Å². The highest BCUT2D eigenvalue weighted by Gasteiger charge is 2.15. The van der Waals surface area contributed by atoms with Crippen molar-refractivity contribution in [2.45, 2.75) is 32.6 Å². The van der Waals surface area contributed by atoms with Gasteiger partial charge in [-0.2, -0.15) is 0 Å². The van der Waals surface area contributed by atoms with Crippen LogP contribution in [0.2, 0.25) is 0 Å². The number of carbonyl (C=O) groups is 2. The van der Waals surface area contributed by atoms with Crippen LogP contribution >= 0.6 is 0 Å².